The summed E-state index contributed by atoms with van der Waals surface area (Å²) in [5, 5.41) is 9.16. The van der Waals surface area contributed by atoms with Gasteiger partial charge in [0.05, 0.1) is 0 Å². The van der Waals surface area contributed by atoms with Crippen LogP contribution < -0.4 is 0 Å². The van der Waals surface area contributed by atoms with Crippen molar-refractivity contribution in [1.82, 2.24) is 0 Å². The van der Waals surface area contributed by atoms with Crippen molar-refractivity contribution in [2.45, 2.75) is 22.8 Å². The minimum absolute atomic E-state index is 0. The van der Waals surface area contributed by atoms with E-state index in [9.17, 15) is 0 Å². The monoisotopic (exact) mass is 268 g/mol. The minimum atomic E-state index is -0.0137. The average molecular weight is 269 g/mol. The molecule has 0 N–H and O–H groups in total. The van der Waals surface area contributed by atoms with Crippen LogP contribution in [-0.4, -0.2) is 15.8 Å². The van der Waals surface area contributed by atoms with Crippen molar-refractivity contribution in [2.75, 3.05) is 0 Å². The maximum Gasteiger partial charge on any atom is -0.147 e. The molecule has 0 saturated heterocycles. The molecule has 0 amide bonds. The fraction of sp³-hybridized carbons (Fsp3) is 0.364. The number of hydrogen-bond donors (Lipinski definition) is 0. The first-order chi connectivity index (χ1) is 6.29. The van der Waals surface area contributed by atoms with Crippen LogP contribution in [-0.2, 0) is 12.8 Å². The van der Waals surface area contributed by atoms with E-state index in [1.165, 1.54) is 11.1 Å². The molecule has 2 rings (SSSR count). The molecule has 1 aliphatic rings. The number of halogens is 1. The van der Waals surface area contributed by atoms with Gasteiger partial charge >= 0.3 is 85.2 Å². The zero-order valence-corrected chi connectivity index (χ0v) is 10.7. The maximum atomic E-state index is 9.16. The third-order valence-electron chi connectivity index (χ3n) is 2.72. The molecular weight excluding hydrogens is 257 g/mol. The van der Waals surface area contributed by atoms with Crippen molar-refractivity contribution in [1.29, 1.82) is 5.26 Å². The smallest absolute Gasteiger partial charge is 0.147 e. The predicted octanol–water partition coefficient (Wildman–Crippen LogP) is 2.64. The molecule has 3 heteroatoms. The Morgan fingerprint density at radius 1 is 1.29 bits per heavy atom. The van der Waals surface area contributed by atoms with Gasteiger partial charge in [-0.3, -0.25) is 0 Å². The van der Waals surface area contributed by atoms with E-state index in [2.05, 4.69) is 36.0 Å². The van der Waals surface area contributed by atoms with Gasteiger partial charge in [-0.25, -0.2) is 0 Å². The molecule has 0 aromatic heterocycles. The molecule has 0 saturated carbocycles. The van der Waals surface area contributed by atoms with E-state index >= 15 is 0 Å². The fourth-order valence-corrected chi connectivity index (χ4v) is 3.47. The van der Waals surface area contributed by atoms with E-state index < -0.39 is 0 Å². The van der Waals surface area contributed by atoms with Gasteiger partial charge in [0.15, 0.2) is 0 Å². The summed E-state index contributed by atoms with van der Waals surface area (Å²) in [5.74, 6) is 0. The maximum absolute atomic E-state index is 9.16. The largest absolute Gasteiger partial charge is 0.147 e. The molecule has 0 aliphatic heterocycles. The summed E-state index contributed by atoms with van der Waals surface area (Å²) >= 11 is 0.148. The van der Waals surface area contributed by atoms with Crippen LogP contribution in [0.2, 0.25) is 9.91 Å². The third kappa shape index (κ3) is 1.83. The van der Waals surface area contributed by atoms with E-state index in [1.54, 1.807) is 0 Å². The molecule has 0 unspecified atom stereocenters. The SMILES string of the molecule is C[As]C1(C#N)Cc2ccccc2C1.Cl. The van der Waals surface area contributed by atoms with Crippen LogP contribution >= 0.6 is 12.4 Å². The molecule has 0 bridgehead atoms. The normalized spacial score (nSPS) is 17.4. The van der Waals surface area contributed by atoms with Crippen LogP contribution in [0.1, 0.15) is 11.1 Å². The summed E-state index contributed by atoms with van der Waals surface area (Å²) in [6.07, 6.45) is 1.96. The number of benzene rings is 1. The number of nitriles is 1. The summed E-state index contributed by atoms with van der Waals surface area (Å²) < 4.78 is -0.0137. The van der Waals surface area contributed by atoms with Crippen molar-refractivity contribution in [3.05, 3.63) is 35.4 Å². The summed E-state index contributed by atoms with van der Waals surface area (Å²) in [4.78, 5) is 0. The molecular formula is C11H12AsClN. The van der Waals surface area contributed by atoms with E-state index in [4.69, 9.17) is 5.26 Å². The van der Waals surface area contributed by atoms with Crippen LogP contribution in [0.15, 0.2) is 24.3 Å². The van der Waals surface area contributed by atoms with Crippen LogP contribution in [0.3, 0.4) is 0 Å². The number of nitrogens with zero attached hydrogens (tertiary/aromatic N) is 1. The summed E-state index contributed by atoms with van der Waals surface area (Å²) in [6, 6.07) is 11.0. The average Bonchev–Trinajstić information content (AvgIpc) is 2.57. The molecule has 0 spiro atoms. The zero-order chi connectivity index (χ0) is 9.31. The van der Waals surface area contributed by atoms with Crippen LogP contribution in [0, 0.1) is 11.3 Å². The van der Waals surface area contributed by atoms with Crippen molar-refractivity contribution in [3.63, 3.8) is 0 Å². The topological polar surface area (TPSA) is 23.8 Å². The standard InChI is InChI=1S/C11H11AsN.ClH/c1-12-11(8-13)6-9-4-2-3-5-10(9)7-11;/h2-5H,6-7H2,1H3;1H. The first-order valence-electron chi connectivity index (χ1n) is 4.39. The molecule has 0 fully saturated rings. The van der Waals surface area contributed by atoms with Gasteiger partial charge in [-0.2, -0.15) is 0 Å². The Labute approximate surface area is 97.6 Å². The van der Waals surface area contributed by atoms with Gasteiger partial charge in [-0.15, -0.1) is 12.4 Å². The van der Waals surface area contributed by atoms with Gasteiger partial charge in [-0.1, -0.05) is 0 Å². The van der Waals surface area contributed by atoms with Gasteiger partial charge in [0, 0.05) is 0 Å². The molecule has 0 heterocycles. The third-order valence-corrected chi connectivity index (χ3v) is 5.39. The quantitative estimate of drug-likeness (QED) is 0.719. The second-order valence-corrected chi connectivity index (χ2v) is 6.22. The second-order valence-electron chi connectivity index (χ2n) is 3.49. The zero-order valence-electron chi connectivity index (χ0n) is 8.03. The number of rotatable bonds is 1. The van der Waals surface area contributed by atoms with Crippen molar-refractivity contribution < 1.29 is 0 Å². The Morgan fingerprint density at radius 3 is 2.14 bits per heavy atom. The van der Waals surface area contributed by atoms with Crippen molar-refractivity contribution in [3.8, 4) is 6.07 Å². The van der Waals surface area contributed by atoms with Gasteiger partial charge in [0.1, 0.15) is 0 Å². The summed E-state index contributed by atoms with van der Waals surface area (Å²) in [7, 11) is 0. The Balaban J connectivity index is 0.000000980. The fourth-order valence-electron chi connectivity index (χ4n) is 1.88. The van der Waals surface area contributed by atoms with Crippen LogP contribution in [0.5, 0.6) is 0 Å². The Hall–Kier alpha value is -0.442. The van der Waals surface area contributed by atoms with E-state index in [-0.39, 0.29) is 32.4 Å². The Bertz CT molecular complexity index is 345. The molecule has 1 nitrogen and oxygen atoms in total. The predicted molar refractivity (Wildman–Crippen MR) is 61.0 cm³/mol. The molecule has 0 atom stereocenters. The minimum Gasteiger partial charge on any atom is -0.147 e. The van der Waals surface area contributed by atoms with E-state index in [0.717, 1.165) is 12.8 Å². The van der Waals surface area contributed by atoms with Crippen LogP contribution in [0.4, 0.5) is 0 Å². The Kier molecular flexibility index (Phi) is 3.64. The molecule has 14 heavy (non-hydrogen) atoms. The Morgan fingerprint density at radius 2 is 1.79 bits per heavy atom. The molecule has 73 valence electrons. The number of fused-ring (bicyclic) bond motifs is 1. The van der Waals surface area contributed by atoms with Crippen molar-refractivity contribution >= 4 is 28.2 Å². The van der Waals surface area contributed by atoms with E-state index in [0.29, 0.717) is 0 Å². The summed E-state index contributed by atoms with van der Waals surface area (Å²) in [6.45, 7) is 0. The summed E-state index contributed by atoms with van der Waals surface area (Å²) in [5.41, 5.74) is 4.98. The number of hydrogen-bond acceptors (Lipinski definition) is 1. The molecule has 1 aliphatic carbocycles. The molecule has 1 aromatic rings. The first kappa shape index (κ1) is 11.6. The second kappa shape index (κ2) is 4.39. The molecule has 1 aromatic carbocycles. The van der Waals surface area contributed by atoms with Gasteiger partial charge < -0.3 is 0 Å². The van der Waals surface area contributed by atoms with E-state index in [1.807, 2.05) is 0 Å². The van der Waals surface area contributed by atoms with Gasteiger partial charge in [0.2, 0.25) is 0 Å². The van der Waals surface area contributed by atoms with Crippen LogP contribution in [0.25, 0.3) is 0 Å². The van der Waals surface area contributed by atoms with Crippen molar-refractivity contribution in [2.24, 2.45) is 0 Å². The molecule has 1 radical (unpaired) electrons. The van der Waals surface area contributed by atoms with Gasteiger partial charge in [-0.05, 0) is 0 Å². The van der Waals surface area contributed by atoms with Gasteiger partial charge in [0.25, 0.3) is 0 Å². The first-order valence-corrected chi connectivity index (χ1v) is 7.20.